The summed E-state index contributed by atoms with van der Waals surface area (Å²) in [7, 11) is 3.23. The van der Waals surface area contributed by atoms with Crippen molar-refractivity contribution in [2.24, 2.45) is 0 Å². The zero-order valence-electron chi connectivity index (χ0n) is 17.4. The highest BCUT2D eigenvalue weighted by Crippen LogP contribution is 2.07. The third kappa shape index (κ3) is 11.8. The van der Waals surface area contributed by atoms with Crippen LogP contribution in [0.3, 0.4) is 0 Å². The Morgan fingerprint density at radius 1 is 0.862 bits per heavy atom. The summed E-state index contributed by atoms with van der Waals surface area (Å²) >= 11 is 0. The molecule has 0 saturated carbocycles. The number of ketones is 1. The lowest BCUT2D eigenvalue weighted by Gasteiger charge is -2.18. The minimum Gasteiger partial charge on any atom is -0.382 e. The average molecular weight is 415 g/mol. The smallest absolute Gasteiger partial charge is 0.253 e. The zero-order chi connectivity index (χ0) is 21.3. The van der Waals surface area contributed by atoms with Gasteiger partial charge in [0, 0.05) is 52.4 Å². The van der Waals surface area contributed by atoms with Crippen molar-refractivity contribution in [2.75, 3.05) is 67.0 Å². The van der Waals surface area contributed by atoms with Gasteiger partial charge in [-0.25, -0.2) is 0 Å². The van der Waals surface area contributed by atoms with E-state index in [0.29, 0.717) is 59.1 Å². The average Bonchev–Trinajstić information content (AvgIpc) is 3.03. The first kappa shape index (κ1) is 25.4. The predicted octanol–water partition coefficient (Wildman–Crippen LogP) is 0.752. The molecule has 1 rings (SSSR count). The van der Waals surface area contributed by atoms with Crippen molar-refractivity contribution in [3.05, 3.63) is 12.2 Å². The molecule has 0 N–H and O–H groups in total. The van der Waals surface area contributed by atoms with Gasteiger partial charge in [0.05, 0.1) is 39.6 Å². The maximum Gasteiger partial charge on any atom is 0.253 e. The molecule has 0 aliphatic carbocycles. The van der Waals surface area contributed by atoms with Gasteiger partial charge in [-0.3, -0.25) is 19.3 Å². The van der Waals surface area contributed by atoms with Crippen LogP contribution >= 0.6 is 0 Å². The molecule has 9 nitrogen and oxygen atoms in total. The van der Waals surface area contributed by atoms with Crippen LogP contribution in [0.1, 0.15) is 25.7 Å². The number of imide groups is 1. The number of amides is 2. The van der Waals surface area contributed by atoms with Crippen LogP contribution in [0, 0.1) is 0 Å². The number of unbranched alkanes of at least 4 members (excludes halogenated alkanes) is 1. The quantitative estimate of drug-likeness (QED) is 0.225. The van der Waals surface area contributed by atoms with E-state index in [1.54, 1.807) is 14.2 Å². The second-order valence-electron chi connectivity index (χ2n) is 6.54. The number of methoxy groups -OCH3 is 2. The van der Waals surface area contributed by atoms with Crippen molar-refractivity contribution in [1.82, 2.24) is 4.90 Å². The number of nitrogens with zero attached hydrogens (tertiary/aromatic N) is 1. The maximum absolute atomic E-state index is 11.9. The van der Waals surface area contributed by atoms with Crippen LogP contribution in [0.2, 0.25) is 0 Å². The van der Waals surface area contributed by atoms with Crippen molar-refractivity contribution in [3.63, 3.8) is 0 Å². The van der Waals surface area contributed by atoms with E-state index in [-0.39, 0.29) is 36.7 Å². The van der Waals surface area contributed by atoms with E-state index < -0.39 is 0 Å². The molecule has 166 valence electrons. The number of hydrogen-bond acceptors (Lipinski definition) is 8. The van der Waals surface area contributed by atoms with Crippen molar-refractivity contribution >= 4 is 17.6 Å². The summed E-state index contributed by atoms with van der Waals surface area (Å²) in [6.45, 7) is 3.45. The van der Waals surface area contributed by atoms with Crippen LogP contribution in [0.5, 0.6) is 0 Å². The molecule has 9 heteroatoms. The van der Waals surface area contributed by atoms with Gasteiger partial charge in [-0.2, -0.15) is 0 Å². The maximum atomic E-state index is 11.9. The Kier molecular flexibility index (Phi) is 14.2. The summed E-state index contributed by atoms with van der Waals surface area (Å²) in [5.74, 6) is -0.681. The minimum absolute atomic E-state index is 0.0322. The fourth-order valence-electron chi connectivity index (χ4n) is 2.55. The molecule has 0 saturated heterocycles. The van der Waals surface area contributed by atoms with E-state index in [1.165, 1.54) is 12.2 Å². The molecule has 1 atom stereocenters. The fraction of sp³-hybridized carbons (Fsp3) is 0.750. The van der Waals surface area contributed by atoms with Crippen LogP contribution < -0.4 is 0 Å². The molecule has 0 bridgehead atoms. The van der Waals surface area contributed by atoms with Crippen LogP contribution in [0.15, 0.2) is 12.2 Å². The van der Waals surface area contributed by atoms with E-state index >= 15 is 0 Å². The summed E-state index contributed by atoms with van der Waals surface area (Å²) in [4.78, 5) is 35.8. The second kappa shape index (κ2) is 16.2. The van der Waals surface area contributed by atoms with E-state index in [9.17, 15) is 14.4 Å². The van der Waals surface area contributed by atoms with E-state index in [1.807, 2.05) is 0 Å². The number of hydrogen-bond donors (Lipinski definition) is 0. The predicted molar refractivity (Wildman–Crippen MR) is 104 cm³/mol. The SMILES string of the molecule is COCCOCC(COCCCCC(=O)CCN1C(=O)C=CC1=O)OCCOC. The molecule has 1 heterocycles. The summed E-state index contributed by atoms with van der Waals surface area (Å²) < 4.78 is 26.7. The number of rotatable bonds is 19. The highest BCUT2D eigenvalue weighted by atomic mass is 16.6. The van der Waals surface area contributed by atoms with Gasteiger partial charge in [0.25, 0.3) is 11.8 Å². The van der Waals surface area contributed by atoms with Gasteiger partial charge in [-0.15, -0.1) is 0 Å². The number of carbonyl (C=O) groups excluding carboxylic acids is 3. The Bertz CT molecular complexity index is 505. The summed E-state index contributed by atoms with van der Waals surface area (Å²) in [6.07, 6.45) is 4.28. The lowest BCUT2D eigenvalue weighted by Crippen LogP contribution is -2.32. The number of ether oxygens (including phenoxy) is 5. The molecule has 0 aromatic rings. The topological polar surface area (TPSA) is 101 Å². The summed E-state index contributed by atoms with van der Waals surface area (Å²) in [5, 5.41) is 0. The molecular weight excluding hydrogens is 382 g/mol. The molecule has 1 aliphatic heterocycles. The molecular formula is C20H33NO8. The van der Waals surface area contributed by atoms with Crippen molar-refractivity contribution in [2.45, 2.75) is 31.8 Å². The normalized spacial score (nSPS) is 14.8. The third-order valence-electron chi connectivity index (χ3n) is 4.19. The molecule has 2 amide bonds. The van der Waals surface area contributed by atoms with Gasteiger partial charge in [-0.1, -0.05) is 0 Å². The van der Waals surface area contributed by atoms with Crippen molar-refractivity contribution in [3.8, 4) is 0 Å². The minimum atomic E-state index is -0.357. The standard InChI is InChI=1S/C20H33NO8/c1-25-11-13-28-16-18(29-14-12-26-2)15-27-10-4-3-5-17(22)8-9-21-19(23)6-7-20(21)24/h6-7,18H,3-5,8-16H2,1-2H3. The second-order valence-corrected chi connectivity index (χ2v) is 6.54. The first-order valence-electron chi connectivity index (χ1n) is 9.88. The molecule has 0 spiro atoms. The van der Waals surface area contributed by atoms with E-state index in [0.717, 1.165) is 11.3 Å². The number of carbonyl (C=O) groups is 3. The third-order valence-corrected chi connectivity index (χ3v) is 4.19. The molecule has 0 aromatic carbocycles. The Labute approximate surface area is 172 Å². The van der Waals surface area contributed by atoms with E-state index in [2.05, 4.69) is 0 Å². The van der Waals surface area contributed by atoms with Gasteiger partial charge in [0.2, 0.25) is 0 Å². The monoisotopic (exact) mass is 415 g/mol. The molecule has 1 aliphatic rings. The molecule has 29 heavy (non-hydrogen) atoms. The van der Waals surface area contributed by atoms with Crippen LogP contribution in [-0.4, -0.2) is 95.6 Å². The zero-order valence-corrected chi connectivity index (χ0v) is 17.4. The first-order chi connectivity index (χ1) is 14.1. The summed E-state index contributed by atoms with van der Waals surface area (Å²) in [6, 6.07) is 0. The van der Waals surface area contributed by atoms with Crippen LogP contribution in [0.25, 0.3) is 0 Å². The van der Waals surface area contributed by atoms with Crippen LogP contribution in [-0.2, 0) is 38.1 Å². The molecule has 0 aromatic heterocycles. The van der Waals surface area contributed by atoms with Gasteiger partial charge in [0.1, 0.15) is 11.9 Å². The Balaban J connectivity index is 2.08. The first-order valence-corrected chi connectivity index (χ1v) is 9.88. The fourth-order valence-corrected chi connectivity index (χ4v) is 2.55. The lowest BCUT2D eigenvalue weighted by molar-refractivity contribution is -0.137. The Morgan fingerprint density at radius 2 is 1.48 bits per heavy atom. The highest BCUT2D eigenvalue weighted by Gasteiger charge is 2.23. The van der Waals surface area contributed by atoms with Gasteiger partial charge >= 0.3 is 0 Å². The van der Waals surface area contributed by atoms with Gasteiger partial charge in [0.15, 0.2) is 0 Å². The largest absolute Gasteiger partial charge is 0.382 e. The number of Topliss-reactive ketones (excluding diaryl/α,β-unsaturated/α-hetero) is 1. The lowest BCUT2D eigenvalue weighted by atomic mass is 10.1. The summed E-state index contributed by atoms with van der Waals surface area (Å²) in [5.41, 5.74) is 0. The van der Waals surface area contributed by atoms with Gasteiger partial charge in [-0.05, 0) is 12.8 Å². The van der Waals surface area contributed by atoms with Gasteiger partial charge < -0.3 is 23.7 Å². The van der Waals surface area contributed by atoms with Crippen molar-refractivity contribution < 1.29 is 38.1 Å². The molecule has 0 fully saturated rings. The highest BCUT2D eigenvalue weighted by molar-refractivity contribution is 6.13. The van der Waals surface area contributed by atoms with Crippen molar-refractivity contribution in [1.29, 1.82) is 0 Å². The molecule has 0 radical (unpaired) electrons. The Hall–Kier alpha value is -1.65. The molecule has 1 unspecified atom stereocenters. The van der Waals surface area contributed by atoms with Crippen LogP contribution in [0.4, 0.5) is 0 Å². The van der Waals surface area contributed by atoms with E-state index in [4.69, 9.17) is 23.7 Å². The Morgan fingerprint density at radius 3 is 2.14 bits per heavy atom.